The van der Waals surface area contributed by atoms with Crippen molar-refractivity contribution in [3.8, 4) is 16.9 Å². The van der Waals surface area contributed by atoms with Crippen LogP contribution in [0.4, 0.5) is 0 Å². The van der Waals surface area contributed by atoms with E-state index in [9.17, 15) is 0 Å². The van der Waals surface area contributed by atoms with Crippen molar-refractivity contribution in [2.75, 3.05) is 13.7 Å². The van der Waals surface area contributed by atoms with Crippen molar-refractivity contribution in [1.82, 2.24) is 4.98 Å². The minimum absolute atomic E-state index is 0.555. The Morgan fingerprint density at radius 2 is 1.67 bits per heavy atom. The topological polar surface area (TPSA) is 31.4 Å². The highest BCUT2D eigenvalue weighted by Gasteiger charge is 2.03. The van der Waals surface area contributed by atoms with Gasteiger partial charge in [-0.1, -0.05) is 36.4 Å². The van der Waals surface area contributed by atoms with Crippen LogP contribution < -0.4 is 4.74 Å². The van der Waals surface area contributed by atoms with E-state index < -0.39 is 0 Å². The van der Waals surface area contributed by atoms with Crippen LogP contribution >= 0.6 is 11.3 Å². The van der Waals surface area contributed by atoms with Crippen LogP contribution in [0.1, 0.15) is 11.1 Å². The number of rotatable bonds is 7. The summed E-state index contributed by atoms with van der Waals surface area (Å²) < 4.78 is 11.0. The first-order chi connectivity index (χ1) is 13.3. The Morgan fingerprint density at radius 3 is 2.44 bits per heavy atom. The lowest BCUT2D eigenvalue weighted by molar-refractivity contribution is 0.202. The molecule has 0 spiro atoms. The van der Waals surface area contributed by atoms with E-state index in [1.807, 2.05) is 18.3 Å². The third kappa shape index (κ3) is 4.35. The molecule has 0 aliphatic carbocycles. The third-order valence-corrected chi connectivity index (χ3v) is 5.35. The summed E-state index contributed by atoms with van der Waals surface area (Å²) in [6, 6.07) is 21.0. The lowest BCUT2D eigenvalue weighted by atomic mass is 10.1. The van der Waals surface area contributed by atoms with Gasteiger partial charge in [-0.2, -0.15) is 0 Å². The molecule has 0 aliphatic heterocycles. The average Bonchev–Trinajstić information content (AvgIpc) is 3.20. The van der Waals surface area contributed by atoms with Gasteiger partial charge < -0.3 is 9.47 Å². The van der Waals surface area contributed by atoms with Gasteiger partial charge in [0.1, 0.15) is 17.2 Å². The molecule has 0 bridgehead atoms. The third-order valence-electron chi connectivity index (χ3n) is 4.52. The molecule has 0 atom stereocenters. The zero-order valence-electron chi connectivity index (χ0n) is 15.2. The molecule has 0 N–H and O–H groups in total. The van der Waals surface area contributed by atoms with Crippen LogP contribution in [0.3, 0.4) is 0 Å². The number of aromatic nitrogens is 1. The lowest BCUT2D eigenvalue weighted by Gasteiger charge is -2.08. The van der Waals surface area contributed by atoms with Gasteiger partial charge in [0.2, 0.25) is 0 Å². The zero-order chi connectivity index (χ0) is 18.5. The molecular formula is C23H21NO2S. The minimum atomic E-state index is 0.555. The SMILES string of the molecule is COCCc1ccc(OCc2ccc(-c3cnc4sccc4c3)cc2)cc1. The maximum absolute atomic E-state index is 5.90. The second-order valence-corrected chi connectivity index (χ2v) is 7.31. The fourth-order valence-corrected chi connectivity index (χ4v) is 3.67. The molecule has 0 fully saturated rings. The number of benzene rings is 2. The molecule has 4 rings (SSSR count). The van der Waals surface area contributed by atoms with Gasteiger partial charge in [0.15, 0.2) is 0 Å². The van der Waals surface area contributed by atoms with E-state index in [2.05, 4.69) is 58.9 Å². The molecule has 0 amide bonds. The maximum atomic E-state index is 5.90. The zero-order valence-corrected chi connectivity index (χ0v) is 16.0. The Morgan fingerprint density at radius 1 is 0.889 bits per heavy atom. The van der Waals surface area contributed by atoms with Crippen molar-refractivity contribution in [3.63, 3.8) is 0 Å². The summed E-state index contributed by atoms with van der Waals surface area (Å²) in [7, 11) is 1.72. The number of hydrogen-bond acceptors (Lipinski definition) is 4. The monoisotopic (exact) mass is 375 g/mol. The predicted molar refractivity (Wildman–Crippen MR) is 111 cm³/mol. The summed E-state index contributed by atoms with van der Waals surface area (Å²) in [5, 5.41) is 3.27. The van der Waals surface area contributed by atoms with Crippen molar-refractivity contribution in [2.24, 2.45) is 0 Å². The van der Waals surface area contributed by atoms with Gasteiger partial charge in [0.25, 0.3) is 0 Å². The van der Waals surface area contributed by atoms with E-state index in [1.165, 1.54) is 16.5 Å². The Balaban J connectivity index is 1.39. The first-order valence-corrected chi connectivity index (χ1v) is 9.83. The molecule has 2 heterocycles. The number of hydrogen-bond donors (Lipinski definition) is 0. The van der Waals surface area contributed by atoms with Crippen molar-refractivity contribution in [2.45, 2.75) is 13.0 Å². The van der Waals surface area contributed by atoms with Gasteiger partial charge in [0, 0.05) is 24.3 Å². The Hall–Kier alpha value is -2.69. The fraction of sp³-hybridized carbons (Fsp3) is 0.174. The van der Waals surface area contributed by atoms with Gasteiger partial charge in [0.05, 0.1) is 6.61 Å². The van der Waals surface area contributed by atoms with Gasteiger partial charge in [-0.3, -0.25) is 0 Å². The van der Waals surface area contributed by atoms with E-state index in [0.29, 0.717) is 6.61 Å². The summed E-state index contributed by atoms with van der Waals surface area (Å²) in [4.78, 5) is 5.61. The van der Waals surface area contributed by atoms with Crippen LogP contribution in [0.25, 0.3) is 21.3 Å². The quantitative estimate of drug-likeness (QED) is 0.413. The molecule has 27 heavy (non-hydrogen) atoms. The van der Waals surface area contributed by atoms with Crippen LogP contribution in [0.2, 0.25) is 0 Å². The standard InChI is InChI=1S/C23H21NO2S/c1-25-12-10-17-4-8-22(9-5-17)26-16-18-2-6-19(7-3-18)21-14-20-11-13-27-23(20)24-15-21/h2-9,11,13-15H,10,12,16H2,1H3. The van der Waals surface area contributed by atoms with Gasteiger partial charge >= 0.3 is 0 Å². The van der Waals surface area contributed by atoms with Crippen molar-refractivity contribution in [1.29, 1.82) is 0 Å². The fourth-order valence-electron chi connectivity index (χ4n) is 2.95. The van der Waals surface area contributed by atoms with Crippen molar-refractivity contribution >= 4 is 21.6 Å². The Labute approximate surface area is 163 Å². The summed E-state index contributed by atoms with van der Waals surface area (Å²) in [5.74, 6) is 0.882. The second-order valence-electron chi connectivity index (χ2n) is 6.41. The summed E-state index contributed by atoms with van der Waals surface area (Å²) in [5.41, 5.74) is 4.71. The van der Waals surface area contributed by atoms with Gasteiger partial charge in [-0.15, -0.1) is 11.3 Å². The van der Waals surface area contributed by atoms with Crippen LogP contribution in [0.5, 0.6) is 5.75 Å². The molecule has 0 radical (unpaired) electrons. The lowest BCUT2D eigenvalue weighted by Crippen LogP contribution is -1.97. The highest BCUT2D eigenvalue weighted by atomic mass is 32.1. The van der Waals surface area contributed by atoms with E-state index in [0.717, 1.165) is 34.7 Å². The molecule has 0 unspecified atom stereocenters. The molecule has 3 nitrogen and oxygen atoms in total. The predicted octanol–water partition coefficient (Wildman–Crippen LogP) is 5.73. The van der Waals surface area contributed by atoms with E-state index in [4.69, 9.17) is 9.47 Å². The minimum Gasteiger partial charge on any atom is -0.489 e. The number of methoxy groups -OCH3 is 1. The number of nitrogens with zero attached hydrogens (tertiary/aromatic N) is 1. The van der Waals surface area contributed by atoms with Gasteiger partial charge in [-0.25, -0.2) is 4.98 Å². The number of thiophene rings is 1. The van der Waals surface area contributed by atoms with Crippen LogP contribution in [0.15, 0.2) is 72.2 Å². The highest BCUT2D eigenvalue weighted by Crippen LogP contribution is 2.26. The van der Waals surface area contributed by atoms with Crippen molar-refractivity contribution < 1.29 is 9.47 Å². The largest absolute Gasteiger partial charge is 0.489 e. The van der Waals surface area contributed by atoms with Crippen molar-refractivity contribution in [3.05, 3.63) is 83.4 Å². The molecule has 4 aromatic rings. The number of ether oxygens (including phenoxy) is 2. The molecule has 0 saturated heterocycles. The Bertz CT molecular complexity index is 1010. The molecule has 136 valence electrons. The molecule has 0 aliphatic rings. The van der Waals surface area contributed by atoms with Crippen LogP contribution in [-0.2, 0) is 17.8 Å². The average molecular weight is 375 g/mol. The highest BCUT2D eigenvalue weighted by molar-refractivity contribution is 7.16. The van der Waals surface area contributed by atoms with Crippen LogP contribution in [0, 0.1) is 0 Å². The summed E-state index contributed by atoms with van der Waals surface area (Å²) in [6.07, 6.45) is 2.86. The van der Waals surface area contributed by atoms with E-state index >= 15 is 0 Å². The van der Waals surface area contributed by atoms with Gasteiger partial charge in [-0.05, 0) is 52.8 Å². The summed E-state index contributed by atoms with van der Waals surface area (Å²) in [6.45, 7) is 1.29. The number of fused-ring (bicyclic) bond motifs is 1. The normalized spacial score (nSPS) is 11.0. The van der Waals surface area contributed by atoms with E-state index in [-0.39, 0.29) is 0 Å². The molecule has 2 aromatic heterocycles. The molecule has 4 heteroatoms. The first kappa shape index (κ1) is 17.7. The molecule has 2 aromatic carbocycles. The van der Waals surface area contributed by atoms with E-state index in [1.54, 1.807) is 18.4 Å². The smallest absolute Gasteiger partial charge is 0.123 e. The first-order valence-electron chi connectivity index (χ1n) is 8.95. The summed E-state index contributed by atoms with van der Waals surface area (Å²) >= 11 is 1.67. The maximum Gasteiger partial charge on any atom is 0.123 e. The molecule has 0 saturated carbocycles. The second kappa shape index (κ2) is 8.33. The molecular weight excluding hydrogens is 354 g/mol. The number of pyridine rings is 1. The van der Waals surface area contributed by atoms with Crippen LogP contribution in [-0.4, -0.2) is 18.7 Å². The Kier molecular flexibility index (Phi) is 5.47.